The van der Waals surface area contributed by atoms with Crippen LogP contribution in [0.1, 0.15) is 33.7 Å². The van der Waals surface area contributed by atoms with Gasteiger partial charge < -0.3 is 9.63 Å². The van der Waals surface area contributed by atoms with Crippen LogP contribution >= 0.6 is 11.6 Å². The summed E-state index contributed by atoms with van der Waals surface area (Å²) in [5.74, 6) is 0.375. The Bertz CT molecular complexity index is 898. The molecule has 0 fully saturated rings. The lowest BCUT2D eigenvalue weighted by atomic mass is 9.79. The molecule has 26 heavy (non-hydrogen) atoms. The van der Waals surface area contributed by atoms with Crippen LogP contribution in [0.2, 0.25) is 5.02 Å². The van der Waals surface area contributed by atoms with E-state index in [2.05, 4.69) is 5.16 Å². The maximum absolute atomic E-state index is 12.9. The van der Waals surface area contributed by atoms with Crippen molar-refractivity contribution in [2.24, 2.45) is 0 Å². The highest BCUT2D eigenvalue weighted by Crippen LogP contribution is 2.41. The number of hydrogen-bond acceptors (Lipinski definition) is 3. The van der Waals surface area contributed by atoms with E-state index in [9.17, 15) is 18.3 Å². The highest BCUT2D eigenvalue weighted by atomic mass is 35.5. The number of rotatable bonds is 3. The van der Waals surface area contributed by atoms with Crippen LogP contribution in [0.15, 0.2) is 53.1 Å². The lowest BCUT2D eigenvalue weighted by molar-refractivity contribution is -0.137. The maximum atomic E-state index is 12.9. The number of benzene rings is 2. The predicted molar refractivity (Wildman–Crippen MR) is 91.0 cm³/mol. The van der Waals surface area contributed by atoms with E-state index in [1.54, 1.807) is 38.1 Å². The van der Waals surface area contributed by atoms with Crippen LogP contribution in [0.3, 0.4) is 0 Å². The molecule has 1 heterocycles. The summed E-state index contributed by atoms with van der Waals surface area (Å²) in [4.78, 5) is 0. The molecule has 2 aromatic carbocycles. The Balaban J connectivity index is 2.23. The summed E-state index contributed by atoms with van der Waals surface area (Å²) in [7, 11) is 0. The van der Waals surface area contributed by atoms with Gasteiger partial charge in [-0.15, -0.1) is 0 Å². The average Bonchev–Trinajstić information content (AvgIpc) is 2.93. The smallest absolute Gasteiger partial charge is 0.376 e. The zero-order valence-electron chi connectivity index (χ0n) is 13.9. The molecule has 0 saturated carbocycles. The fraction of sp³-hybridized carbons (Fsp3) is 0.211. The second-order valence-electron chi connectivity index (χ2n) is 5.99. The first-order valence-corrected chi connectivity index (χ1v) is 8.11. The van der Waals surface area contributed by atoms with Gasteiger partial charge in [0, 0.05) is 5.02 Å². The van der Waals surface area contributed by atoms with Crippen molar-refractivity contribution in [3.8, 4) is 0 Å². The molecular weight excluding hydrogens is 367 g/mol. The van der Waals surface area contributed by atoms with E-state index >= 15 is 0 Å². The Morgan fingerprint density at radius 2 is 1.35 bits per heavy atom. The third-order valence-electron chi connectivity index (χ3n) is 4.29. The number of aliphatic hydroxyl groups is 1. The molecule has 0 bridgehead atoms. The van der Waals surface area contributed by atoms with Crippen molar-refractivity contribution in [1.29, 1.82) is 0 Å². The molecule has 7 heteroatoms. The summed E-state index contributed by atoms with van der Waals surface area (Å²) in [6.07, 6.45) is -4.46. The molecule has 0 amide bonds. The van der Waals surface area contributed by atoms with Gasteiger partial charge in [0.1, 0.15) is 11.4 Å². The molecule has 1 unspecified atom stereocenters. The molecule has 3 rings (SSSR count). The predicted octanol–water partition coefficient (Wildman–Crippen LogP) is 5.25. The minimum Gasteiger partial charge on any atom is -0.376 e. The molecular formula is C19H15ClF3NO2. The monoisotopic (exact) mass is 381 g/mol. The Hall–Kier alpha value is -2.31. The van der Waals surface area contributed by atoms with Crippen LogP contribution in [0.4, 0.5) is 13.2 Å². The van der Waals surface area contributed by atoms with Gasteiger partial charge in [0.2, 0.25) is 0 Å². The highest BCUT2D eigenvalue weighted by Gasteiger charge is 2.40. The lowest BCUT2D eigenvalue weighted by Gasteiger charge is -2.30. The van der Waals surface area contributed by atoms with Crippen LogP contribution in [0.5, 0.6) is 0 Å². The van der Waals surface area contributed by atoms with Crippen molar-refractivity contribution in [1.82, 2.24) is 5.16 Å². The SMILES string of the molecule is Cc1noc(C)c1C(O)(c1ccc(Cl)cc1)c1ccc(C(F)(F)F)cc1. The third-order valence-corrected chi connectivity index (χ3v) is 4.54. The highest BCUT2D eigenvalue weighted by molar-refractivity contribution is 6.30. The summed E-state index contributed by atoms with van der Waals surface area (Å²) in [6, 6.07) is 10.8. The molecule has 3 nitrogen and oxygen atoms in total. The summed E-state index contributed by atoms with van der Waals surface area (Å²) in [6.45, 7) is 3.30. The first kappa shape index (κ1) is 18.5. The molecule has 0 spiro atoms. The standard InChI is InChI=1S/C19H15ClF3NO2/c1-11-17(12(2)26-24-11)18(25,14-7-9-16(20)10-8-14)13-3-5-15(6-4-13)19(21,22)23/h3-10,25H,1-2H3. The van der Waals surface area contributed by atoms with Crippen LogP contribution in [-0.4, -0.2) is 10.3 Å². The van der Waals surface area contributed by atoms with Crippen molar-refractivity contribution < 1.29 is 22.8 Å². The Kier molecular flexibility index (Phi) is 4.58. The zero-order valence-corrected chi connectivity index (χ0v) is 14.7. The molecule has 0 radical (unpaired) electrons. The van der Waals surface area contributed by atoms with Crippen molar-refractivity contribution >= 4 is 11.6 Å². The van der Waals surface area contributed by atoms with Crippen LogP contribution in [0, 0.1) is 13.8 Å². The van der Waals surface area contributed by atoms with Gasteiger partial charge in [-0.05, 0) is 49.2 Å². The molecule has 136 valence electrons. The van der Waals surface area contributed by atoms with Gasteiger partial charge in [-0.25, -0.2) is 0 Å². The van der Waals surface area contributed by atoms with E-state index in [1.165, 1.54) is 12.1 Å². The van der Waals surface area contributed by atoms with Gasteiger partial charge in [0.15, 0.2) is 0 Å². The Labute approximate surface area is 153 Å². The van der Waals surface area contributed by atoms with E-state index < -0.39 is 17.3 Å². The van der Waals surface area contributed by atoms with Gasteiger partial charge in [-0.3, -0.25) is 0 Å². The summed E-state index contributed by atoms with van der Waals surface area (Å²) in [5.41, 5.74) is -0.987. The molecule has 1 aromatic heterocycles. The van der Waals surface area contributed by atoms with Gasteiger partial charge in [-0.1, -0.05) is 41.0 Å². The quantitative estimate of drug-likeness (QED) is 0.674. The summed E-state index contributed by atoms with van der Waals surface area (Å²) >= 11 is 5.93. The van der Waals surface area contributed by atoms with Crippen LogP contribution in [0.25, 0.3) is 0 Å². The normalized spacial score (nSPS) is 14.3. The van der Waals surface area contributed by atoms with E-state index in [0.717, 1.165) is 12.1 Å². The number of nitrogens with zero attached hydrogens (tertiary/aromatic N) is 1. The molecule has 0 saturated heterocycles. The average molecular weight is 382 g/mol. The van der Waals surface area contributed by atoms with Crippen molar-refractivity contribution in [2.75, 3.05) is 0 Å². The lowest BCUT2D eigenvalue weighted by Crippen LogP contribution is -2.30. The van der Waals surface area contributed by atoms with Crippen molar-refractivity contribution in [3.63, 3.8) is 0 Å². The molecule has 0 aliphatic carbocycles. The molecule has 3 aromatic rings. The van der Waals surface area contributed by atoms with Gasteiger partial charge >= 0.3 is 6.18 Å². The van der Waals surface area contributed by atoms with Crippen LogP contribution in [-0.2, 0) is 11.8 Å². The minimum absolute atomic E-state index is 0.266. The number of aromatic nitrogens is 1. The summed E-state index contributed by atoms with van der Waals surface area (Å²) < 4.78 is 43.8. The Morgan fingerprint density at radius 1 is 0.885 bits per heavy atom. The van der Waals surface area contributed by atoms with E-state index in [0.29, 0.717) is 27.6 Å². The van der Waals surface area contributed by atoms with Crippen molar-refractivity contribution in [2.45, 2.75) is 25.6 Å². The second kappa shape index (κ2) is 6.45. The summed E-state index contributed by atoms with van der Waals surface area (Å²) in [5, 5.41) is 16.0. The van der Waals surface area contributed by atoms with Gasteiger partial charge in [0.25, 0.3) is 0 Å². The van der Waals surface area contributed by atoms with E-state index in [-0.39, 0.29) is 5.56 Å². The zero-order chi connectivity index (χ0) is 19.1. The van der Waals surface area contributed by atoms with E-state index in [1.807, 2.05) is 0 Å². The minimum atomic E-state index is -4.46. The largest absolute Gasteiger partial charge is 0.416 e. The van der Waals surface area contributed by atoms with Gasteiger partial charge in [0.05, 0.1) is 16.8 Å². The molecule has 0 aliphatic heterocycles. The fourth-order valence-electron chi connectivity index (χ4n) is 3.05. The molecule has 0 aliphatic rings. The van der Waals surface area contributed by atoms with E-state index in [4.69, 9.17) is 16.1 Å². The molecule has 1 N–H and O–H groups in total. The van der Waals surface area contributed by atoms with Gasteiger partial charge in [-0.2, -0.15) is 13.2 Å². The topological polar surface area (TPSA) is 46.3 Å². The first-order valence-electron chi connectivity index (χ1n) is 7.73. The fourth-order valence-corrected chi connectivity index (χ4v) is 3.17. The Morgan fingerprint density at radius 3 is 1.77 bits per heavy atom. The number of aryl methyl sites for hydroxylation is 2. The second-order valence-corrected chi connectivity index (χ2v) is 6.43. The first-order chi connectivity index (χ1) is 12.1. The number of alkyl halides is 3. The van der Waals surface area contributed by atoms with Crippen molar-refractivity contribution in [3.05, 3.63) is 87.3 Å². The maximum Gasteiger partial charge on any atom is 0.416 e. The third kappa shape index (κ3) is 3.10. The molecule has 1 atom stereocenters. The van der Waals surface area contributed by atoms with Crippen LogP contribution < -0.4 is 0 Å². The number of hydrogen-bond donors (Lipinski definition) is 1. The number of halogens is 4.